The SMILES string of the molecule is COCC(C)CN1C(=O)C(C(C)C)NC1c1ccsc1. The number of carbonyl (C=O) groups is 1. The Kier molecular flexibility index (Phi) is 5.18. The molecule has 0 radical (unpaired) electrons. The molecule has 3 unspecified atom stereocenters. The van der Waals surface area contributed by atoms with E-state index < -0.39 is 0 Å². The molecule has 4 nitrogen and oxygen atoms in total. The molecule has 2 heterocycles. The van der Waals surface area contributed by atoms with Gasteiger partial charge in [-0.25, -0.2) is 0 Å². The van der Waals surface area contributed by atoms with Crippen LogP contribution in [0.4, 0.5) is 0 Å². The number of hydrogen-bond donors (Lipinski definition) is 1. The molecule has 0 bridgehead atoms. The maximum Gasteiger partial charge on any atom is 0.241 e. The van der Waals surface area contributed by atoms with Crippen molar-refractivity contribution in [2.45, 2.75) is 33.0 Å². The highest BCUT2D eigenvalue weighted by atomic mass is 32.1. The van der Waals surface area contributed by atoms with Gasteiger partial charge in [-0.05, 0) is 34.2 Å². The summed E-state index contributed by atoms with van der Waals surface area (Å²) in [5.74, 6) is 0.836. The van der Waals surface area contributed by atoms with Crippen molar-refractivity contribution in [3.8, 4) is 0 Å². The molecule has 1 aromatic rings. The number of thiophene rings is 1. The van der Waals surface area contributed by atoms with Crippen molar-refractivity contribution in [2.24, 2.45) is 11.8 Å². The summed E-state index contributed by atoms with van der Waals surface area (Å²) in [5, 5.41) is 7.65. The molecule has 1 saturated heterocycles. The fraction of sp³-hybridized carbons (Fsp3) is 0.667. The van der Waals surface area contributed by atoms with Crippen molar-refractivity contribution in [1.82, 2.24) is 10.2 Å². The van der Waals surface area contributed by atoms with Crippen LogP contribution >= 0.6 is 11.3 Å². The molecule has 1 aliphatic rings. The quantitative estimate of drug-likeness (QED) is 0.877. The van der Waals surface area contributed by atoms with E-state index in [9.17, 15) is 4.79 Å². The van der Waals surface area contributed by atoms with Gasteiger partial charge >= 0.3 is 0 Å². The Bertz CT molecular complexity index is 433. The van der Waals surface area contributed by atoms with Crippen LogP contribution in [0.15, 0.2) is 16.8 Å². The highest BCUT2D eigenvalue weighted by Crippen LogP contribution is 2.30. The largest absolute Gasteiger partial charge is 0.384 e. The maximum atomic E-state index is 12.6. The molecule has 0 spiro atoms. The van der Waals surface area contributed by atoms with Gasteiger partial charge < -0.3 is 9.64 Å². The van der Waals surface area contributed by atoms with Crippen LogP contribution in [0.3, 0.4) is 0 Å². The van der Waals surface area contributed by atoms with E-state index in [0.717, 1.165) is 6.54 Å². The molecule has 5 heteroatoms. The predicted molar refractivity (Wildman–Crippen MR) is 81.6 cm³/mol. The zero-order chi connectivity index (χ0) is 14.7. The normalized spacial score (nSPS) is 24.6. The average Bonchev–Trinajstić information content (AvgIpc) is 2.99. The summed E-state index contributed by atoms with van der Waals surface area (Å²) in [5.41, 5.74) is 1.18. The minimum atomic E-state index is -0.0883. The molecule has 1 aromatic heterocycles. The molecule has 1 aliphatic heterocycles. The van der Waals surface area contributed by atoms with Gasteiger partial charge in [-0.15, -0.1) is 0 Å². The summed E-state index contributed by atoms with van der Waals surface area (Å²) < 4.78 is 5.19. The van der Waals surface area contributed by atoms with Gasteiger partial charge in [-0.1, -0.05) is 20.8 Å². The smallest absolute Gasteiger partial charge is 0.241 e. The summed E-state index contributed by atoms with van der Waals surface area (Å²) >= 11 is 1.67. The van der Waals surface area contributed by atoms with Crippen molar-refractivity contribution in [3.63, 3.8) is 0 Å². The second-order valence-electron chi connectivity index (χ2n) is 5.90. The van der Waals surface area contributed by atoms with E-state index in [0.29, 0.717) is 18.4 Å². The number of carbonyl (C=O) groups excluding carboxylic acids is 1. The minimum Gasteiger partial charge on any atom is -0.384 e. The van der Waals surface area contributed by atoms with E-state index in [-0.39, 0.29) is 18.1 Å². The van der Waals surface area contributed by atoms with Crippen LogP contribution in [0.1, 0.15) is 32.5 Å². The van der Waals surface area contributed by atoms with Gasteiger partial charge in [0.2, 0.25) is 5.91 Å². The van der Waals surface area contributed by atoms with Crippen molar-refractivity contribution in [3.05, 3.63) is 22.4 Å². The number of nitrogens with one attached hydrogen (secondary N) is 1. The second-order valence-corrected chi connectivity index (χ2v) is 6.68. The number of nitrogens with zero attached hydrogens (tertiary/aromatic N) is 1. The Morgan fingerprint density at radius 1 is 1.45 bits per heavy atom. The number of ether oxygens (including phenoxy) is 1. The Hall–Kier alpha value is -0.910. The van der Waals surface area contributed by atoms with E-state index in [1.165, 1.54) is 5.56 Å². The maximum absolute atomic E-state index is 12.6. The zero-order valence-corrected chi connectivity index (χ0v) is 13.4. The van der Waals surface area contributed by atoms with Gasteiger partial charge in [-0.3, -0.25) is 10.1 Å². The third-order valence-corrected chi connectivity index (χ3v) is 4.38. The van der Waals surface area contributed by atoms with Gasteiger partial charge in [0, 0.05) is 13.7 Å². The summed E-state index contributed by atoms with van der Waals surface area (Å²) in [7, 11) is 1.70. The van der Waals surface area contributed by atoms with Crippen LogP contribution in [0.2, 0.25) is 0 Å². The first-order valence-corrected chi connectivity index (χ1v) is 8.06. The molecule has 0 saturated carbocycles. The van der Waals surface area contributed by atoms with E-state index in [1.807, 2.05) is 4.90 Å². The van der Waals surface area contributed by atoms with E-state index >= 15 is 0 Å². The minimum absolute atomic E-state index is 0.000422. The molecule has 0 aromatic carbocycles. The van der Waals surface area contributed by atoms with Crippen LogP contribution in [-0.4, -0.2) is 37.1 Å². The Labute approximate surface area is 125 Å². The standard InChI is InChI=1S/C15H24N2O2S/c1-10(2)13-15(18)17(7-11(3)8-19-4)14(16-13)12-5-6-20-9-12/h5-6,9-11,13-14,16H,7-8H2,1-4H3. The van der Waals surface area contributed by atoms with Crippen LogP contribution in [0.25, 0.3) is 0 Å². The van der Waals surface area contributed by atoms with Gasteiger partial charge in [0.15, 0.2) is 0 Å². The zero-order valence-electron chi connectivity index (χ0n) is 12.6. The van der Waals surface area contributed by atoms with Crippen molar-refractivity contribution in [1.29, 1.82) is 0 Å². The van der Waals surface area contributed by atoms with Gasteiger partial charge in [0.05, 0.1) is 12.6 Å². The lowest BCUT2D eigenvalue weighted by Gasteiger charge is -2.26. The van der Waals surface area contributed by atoms with E-state index in [4.69, 9.17) is 4.74 Å². The van der Waals surface area contributed by atoms with Crippen molar-refractivity contribution >= 4 is 17.2 Å². The molecule has 20 heavy (non-hydrogen) atoms. The molecule has 1 fully saturated rings. The molecule has 1 amide bonds. The predicted octanol–water partition coefficient (Wildman–Crippen LogP) is 2.49. The highest BCUT2D eigenvalue weighted by Gasteiger charge is 2.41. The Balaban J connectivity index is 2.17. The summed E-state index contributed by atoms with van der Waals surface area (Å²) in [6, 6.07) is 2.00. The molecule has 2 rings (SSSR count). The van der Waals surface area contributed by atoms with Crippen LogP contribution in [0, 0.1) is 11.8 Å². The molecule has 1 N–H and O–H groups in total. The Morgan fingerprint density at radius 3 is 2.75 bits per heavy atom. The Morgan fingerprint density at radius 2 is 2.20 bits per heavy atom. The van der Waals surface area contributed by atoms with Crippen molar-refractivity contribution in [2.75, 3.05) is 20.3 Å². The average molecular weight is 296 g/mol. The molecule has 3 atom stereocenters. The monoisotopic (exact) mass is 296 g/mol. The van der Waals surface area contributed by atoms with Crippen molar-refractivity contribution < 1.29 is 9.53 Å². The number of amides is 1. The first kappa shape index (κ1) is 15.5. The van der Waals surface area contributed by atoms with Gasteiger partial charge in [0.1, 0.15) is 6.17 Å². The summed E-state index contributed by atoms with van der Waals surface area (Å²) in [6.45, 7) is 7.69. The van der Waals surface area contributed by atoms with E-state index in [2.05, 4.69) is 42.9 Å². The first-order valence-electron chi connectivity index (χ1n) is 7.12. The summed E-state index contributed by atoms with van der Waals surface area (Å²) in [4.78, 5) is 14.6. The van der Waals surface area contributed by atoms with Crippen LogP contribution in [-0.2, 0) is 9.53 Å². The number of methoxy groups -OCH3 is 1. The van der Waals surface area contributed by atoms with Crippen LogP contribution in [0.5, 0.6) is 0 Å². The number of hydrogen-bond acceptors (Lipinski definition) is 4. The third-order valence-electron chi connectivity index (χ3n) is 3.68. The summed E-state index contributed by atoms with van der Waals surface area (Å²) in [6.07, 6.45) is 0.000422. The van der Waals surface area contributed by atoms with E-state index in [1.54, 1.807) is 18.4 Å². The first-order chi connectivity index (χ1) is 9.54. The lowest BCUT2D eigenvalue weighted by atomic mass is 10.0. The molecular weight excluding hydrogens is 272 g/mol. The highest BCUT2D eigenvalue weighted by molar-refractivity contribution is 7.07. The second kappa shape index (κ2) is 6.70. The molecule has 112 valence electrons. The van der Waals surface area contributed by atoms with Gasteiger partial charge in [-0.2, -0.15) is 11.3 Å². The topological polar surface area (TPSA) is 41.6 Å². The lowest BCUT2D eigenvalue weighted by molar-refractivity contribution is -0.131. The molecule has 0 aliphatic carbocycles. The lowest BCUT2D eigenvalue weighted by Crippen LogP contribution is -2.37. The fourth-order valence-corrected chi connectivity index (χ4v) is 3.37. The number of rotatable bonds is 6. The van der Waals surface area contributed by atoms with Crippen LogP contribution < -0.4 is 5.32 Å². The van der Waals surface area contributed by atoms with Gasteiger partial charge in [0.25, 0.3) is 0 Å². The fourth-order valence-electron chi connectivity index (χ4n) is 2.69. The third kappa shape index (κ3) is 3.22. The molecular formula is C15H24N2O2S.